The Morgan fingerprint density at radius 1 is 1.39 bits per heavy atom. The molecule has 0 unspecified atom stereocenters. The number of aromatic nitrogens is 3. The number of halogens is 3. The second-order valence-corrected chi connectivity index (χ2v) is 4.84. The fourth-order valence-electron chi connectivity index (χ4n) is 2.08. The van der Waals surface area contributed by atoms with Crippen molar-refractivity contribution in [1.29, 1.82) is 0 Å². The Labute approximate surface area is 127 Å². The van der Waals surface area contributed by atoms with Crippen LogP contribution in [0.3, 0.4) is 0 Å². The molecule has 0 aliphatic heterocycles. The molecule has 0 fully saturated rings. The Balaban J connectivity index is 1.92. The number of fused-ring (bicyclic) bond motifs is 1. The quantitative estimate of drug-likeness (QED) is 0.804. The molecule has 3 heterocycles. The maximum Gasteiger partial charge on any atom is 0.433 e. The zero-order chi connectivity index (χ0) is 16.6. The number of alkyl halides is 3. The average molecular weight is 324 g/mol. The maximum absolute atomic E-state index is 13.0. The van der Waals surface area contributed by atoms with Gasteiger partial charge in [0.05, 0.1) is 12.8 Å². The first kappa shape index (κ1) is 15.1. The van der Waals surface area contributed by atoms with Crippen LogP contribution in [0.1, 0.15) is 27.6 Å². The van der Waals surface area contributed by atoms with Gasteiger partial charge in [0.25, 0.3) is 5.91 Å². The van der Waals surface area contributed by atoms with Crippen molar-refractivity contribution in [3.63, 3.8) is 0 Å². The minimum Gasteiger partial charge on any atom is -0.467 e. The van der Waals surface area contributed by atoms with E-state index in [1.165, 1.54) is 19.3 Å². The fourth-order valence-corrected chi connectivity index (χ4v) is 2.08. The summed E-state index contributed by atoms with van der Waals surface area (Å²) in [6.45, 7) is 1.55. The van der Waals surface area contributed by atoms with Crippen LogP contribution in [0, 0.1) is 6.92 Å². The van der Waals surface area contributed by atoms with Crippen LogP contribution in [0.2, 0.25) is 0 Å². The molecule has 0 bridgehead atoms. The molecule has 0 aliphatic carbocycles. The first-order valence-corrected chi connectivity index (χ1v) is 6.60. The number of amides is 1. The van der Waals surface area contributed by atoms with Crippen LogP contribution in [-0.2, 0) is 12.7 Å². The zero-order valence-corrected chi connectivity index (χ0v) is 11.9. The first-order valence-electron chi connectivity index (χ1n) is 6.60. The number of nitrogens with one attached hydrogen (secondary N) is 1. The highest BCUT2D eigenvalue weighted by Gasteiger charge is 2.35. The number of furan rings is 1. The lowest BCUT2D eigenvalue weighted by Crippen LogP contribution is -2.23. The minimum atomic E-state index is -4.60. The van der Waals surface area contributed by atoms with Gasteiger partial charge >= 0.3 is 6.18 Å². The fraction of sp³-hybridized carbons (Fsp3) is 0.214. The molecule has 1 N–H and O–H groups in total. The summed E-state index contributed by atoms with van der Waals surface area (Å²) in [6.07, 6.45) is -3.14. The van der Waals surface area contributed by atoms with Gasteiger partial charge in [-0.2, -0.15) is 18.3 Å². The van der Waals surface area contributed by atoms with Gasteiger partial charge in [0.1, 0.15) is 11.5 Å². The molecular formula is C14H11F3N4O2. The summed E-state index contributed by atoms with van der Waals surface area (Å²) >= 11 is 0. The molecule has 1 amide bonds. The maximum atomic E-state index is 13.0. The van der Waals surface area contributed by atoms with Gasteiger partial charge in [0.2, 0.25) is 0 Å². The van der Waals surface area contributed by atoms with Crippen LogP contribution in [-0.4, -0.2) is 20.5 Å². The van der Waals surface area contributed by atoms with Gasteiger partial charge in [-0.15, -0.1) is 0 Å². The van der Waals surface area contributed by atoms with Crippen LogP contribution in [0.5, 0.6) is 0 Å². The van der Waals surface area contributed by atoms with E-state index in [0.29, 0.717) is 10.3 Å². The van der Waals surface area contributed by atoms with Crippen LogP contribution in [0.15, 0.2) is 34.9 Å². The Bertz CT molecular complexity index is 853. The van der Waals surface area contributed by atoms with E-state index in [9.17, 15) is 18.0 Å². The standard InChI is InChI=1S/C14H11F3N4O2/c1-8-5-11(14(15,16)17)21-12(19-8)6-10(20-21)13(22)18-7-9-3-2-4-23-9/h2-6H,7H2,1H3,(H,18,22). The third kappa shape index (κ3) is 3.03. The number of carbonyl (C=O) groups excluding carboxylic acids is 1. The van der Waals surface area contributed by atoms with E-state index in [-0.39, 0.29) is 23.6 Å². The van der Waals surface area contributed by atoms with Crippen molar-refractivity contribution < 1.29 is 22.4 Å². The number of rotatable bonds is 3. The third-order valence-corrected chi connectivity index (χ3v) is 3.08. The molecule has 0 atom stereocenters. The molecule has 3 rings (SSSR count). The molecule has 0 saturated carbocycles. The summed E-state index contributed by atoms with van der Waals surface area (Å²) in [7, 11) is 0. The van der Waals surface area contributed by atoms with Crippen molar-refractivity contribution in [2.24, 2.45) is 0 Å². The highest BCUT2D eigenvalue weighted by molar-refractivity contribution is 5.93. The lowest BCUT2D eigenvalue weighted by molar-refractivity contribution is -0.142. The van der Waals surface area contributed by atoms with E-state index in [4.69, 9.17) is 4.42 Å². The molecule has 6 nitrogen and oxygen atoms in total. The summed E-state index contributed by atoms with van der Waals surface area (Å²) < 4.78 is 44.8. The lowest BCUT2D eigenvalue weighted by atomic mass is 10.3. The lowest BCUT2D eigenvalue weighted by Gasteiger charge is -2.09. The number of hydrogen-bond acceptors (Lipinski definition) is 4. The van der Waals surface area contributed by atoms with E-state index < -0.39 is 17.8 Å². The Hall–Kier alpha value is -2.84. The molecular weight excluding hydrogens is 313 g/mol. The molecule has 0 aliphatic rings. The molecule has 0 saturated heterocycles. The van der Waals surface area contributed by atoms with Crippen LogP contribution in [0.25, 0.3) is 5.65 Å². The van der Waals surface area contributed by atoms with Crippen molar-refractivity contribution in [2.75, 3.05) is 0 Å². The topological polar surface area (TPSA) is 72.4 Å². The monoisotopic (exact) mass is 324 g/mol. The van der Waals surface area contributed by atoms with Gasteiger partial charge in [-0.05, 0) is 25.1 Å². The highest BCUT2D eigenvalue weighted by atomic mass is 19.4. The normalized spacial score (nSPS) is 11.8. The molecule has 0 spiro atoms. The summed E-state index contributed by atoms with van der Waals surface area (Å²) in [4.78, 5) is 16.0. The molecule has 0 aromatic carbocycles. The van der Waals surface area contributed by atoms with E-state index in [0.717, 1.165) is 6.07 Å². The predicted molar refractivity (Wildman–Crippen MR) is 72.6 cm³/mol. The van der Waals surface area contributed by atoms with Gasteiger partial charge in [0, 0.05) is 11.8 Å². The van der Waals surface area contributed by atoms with Gasteiger partial charge < -0.3 is 9.73 Å². The Morgan fingerprint density at radius 3 is 2.83 bits per heavy atom. The second kappa shape index (κ2) is 5.41. The molecule has 23 heavy (non-hydrogen) atoms. The Kier molecular flexibility index (Phi) is 3.55. The van der Waals surface area contributed by atoms with Crippen molar-refractivity contribution in [2.45, 2.75) is 19.6 Å². The number of nitrogens with zero attached hydrogens (tertiary/aromatic N) is 3. The number of hydrogen-bond donors (Lipinski definition) is 1. The Morgan fingerprint density at radius 2 is 2.17 bits per heavy atom. The summed E-state index contributed by atoms with van der Waals surface area (Å²) in [6, 6.07) is 5.41. The van der Waals surface area contributed by atoms with Crippen molar-refractivity contribution in [3.8, 4) is 0 Å². The highest BCUT2D eigenvalue weighted by Crippen LogP contribution is 2.29. The van der Waals surface area contributed by atoms with Gasteiger partial charge in [0.15, 0.2) is 11.3 Å². The number of aryl methyl sites for hydroxylation is 1. The second-order valence-electron chi connectivity index (χ2n) is 4.84. The molecule has 9 heteroatoms. The van der Waals surface area contributed by atoms with Crippen LogP contribution < -0.4 is 5.32 Å². The minimum absolute atomic E-state index is 0.0412. The van der Waals surface area contributed by atoms with Crippen molar-refractivity contribution >= 4 is 11.6 Å². The van der Waals surface area contributed by atoms with E-state index in [2.05, 4.69) is 15.4 Å². The molecule has 120 valence electrons. The number of carbonyl (C=O) groups is 1. The molecule has 3 aromatic rings. The van der Waals surface area contributed by atoms with Crippen LogP contribution >= 0.6 is 0 Å². The van der Waals surface area contributed by atoms with Gasteiger partial charge in [-0.1, -0.05) is 0 Å². The largest absolute Gasteiger partial charge is 0.467 e. The van der Waals surface area contributed by atoms with Gasteiger partial charge in [-0.25, -0.2) is 9.50 Å². The van der Waals surface area contributed by atoms with Crippen molar-refractivity contribution in [1.82, 2.24) is 19.9 Å². The van der Waals surface area contributed by atoms with Crippen molar-refractivity contribution in [3.05, 3.63) is 53.4 Å². The summed E-state index contributed by atoms with van der Waals surface area (Å²) in [5.74, 6) is -0.0928. The van der Waals surface area contributed by atoms with Gasteiger partial charge in [-0.3, -0.25) is 4.79 Å². The first-order chi connectivity index (χ1) is 10.8. The molecule has 3 aromatic heterocycles. The summed E-state index contributed by atoms with van der Waals surface area (Å²) in [5, 5.41) is 6.23. The van der Waals surface area contributed by atoms with E-state index in [1.54, 1.807) is 12.1 Å². The van der Waals surface area contributed by atoms with E-state index in [1.807, 2.05) is 0 Å². The molecule has 0 radical (unpaired) electrons. The predicted octanol–water partition coefficient (Wildman–Crippen LogP) is 2.58. The van der Waals surface area contributed by atoms with Crippen LogP contribution in [0.4, 0.5) is 13.2 Å². The zero-order valence-electron chi connectivity index (χ0n) is 11.9. The third-order valence-electron chi connectivity index (χ3n) is 3.08. The SMILES string of the molecule is Cc1cc(C(F)(F)F)n2nc(C(=O)NCc3ccco3)cc2n1. The summed E-state index contributed by atoms with van der Waals surface area (Å²) in [5.41, 5.74) is -0.988. The average Bonchev–Trinajstić information content (AvgIpc) is 3.11. The van der Waals surface area contributed by atoms with E-state index >= 15 is 0 Å². The smallest absolute Gasteiger partial charge is 0.433 e.